The molecule has 0 bridgehead atoms. The quantitative estimate of drug-likeness (QED) is 0.821. The Morgan fingerprint density at radius 2 is 2.00 bits per heavy atom. The second-order valence-corrected chi connectivity index (χ2v) is 5.38. The molecule has 108 valence electrons. The molecule has 3 nitrogen and oxygen atoms in total. The summed E-state index contributed by atoms with van der Waals surface area (Å²) < 4.78 is 6.07. The first-order valence-corrected chi connectivity index (χ1v) is 7.35. The van der Waals surface area contributed by atoms with Crippen molar-refractivity contribution in [3.05, 3.63) is 35.9 Å². The molecule has 1 aromatic carbocycles. The summed E-state index contributed by atoms with van der Waals surface area (Å²) >= 11 is 0. The monoisotopic (exact) mass is 274 g/mol. The number of carbonyl (C=O) groups is 1. The highest BCUT2D eigenvalue weighted by Gasteiger charge is 2.21. The largest absolute Gasteiger partial charge is 0.490 e. The molecule has 3 heteroatoms. The van der Waals surface area contributed by atoms with Crippen molar-refractivity contribution in [3.63, 3.8) is 0 Å². The molecule has 2 rings (SSSR count). The highest BCUT2D eigenvalue weighted by Crippen LogP contribution is 2.30. The normalized spacial score (nSPS) is 22.9. The summed E-state index contributed by atoms with van der Waals surface area (Å²) in [5, 5.41) is 8.72. The minimum absolute atomic E-state index is 0.261. The summed E-state index contributed by atoms with van der Waals surface area (Å²) in [6.07, 6.45) is 8.90. The van der Waals surface area contributed by atoms with Crippen molar-refractivity contribution >= 4 is 12.0 Å². The molecule has 0 amide bonds. The lowest BCUT2D eigenvalue weighted by Gasteiger charge is -2.28. The molecule has 0 unspecified atom stereocenters. The van der Waals surface area contributed by atoms with Gasteiger partial charge in [-0.05, 0) is 43.7 Å². The van der Waals surface area contributed by atoms with E-state index >= 15 is 0 Å². The van der Waals surface area contributed by atoms with Gasteiger partial charge in [-0.3, -0.25) is 0 Å². The SMILES string of the molecule is CCC1CCC(Oc2ccccc2C=CC(=O)O)CC1. The molecule has 0 spiro atoms. The van der Waals surface area contributed by atoms with Crippen molar-refractivity contribution in [3.8, 4) is 5.75 Å². The van der Waals surface area contributed by atoms with Crippen LogP contribution in [0.25, 0.3) is 6.08 Å². The lowest BCUT2D eigenvalue weighted by atomic mass is 9.86. The van der Waals surface area contributed by atoms with E-state index in [0.717, 1.165) is 36.1 Å². The first-order chi connectivity index (χ1) is 9.69. The van der Waals surface area contributed by atoms with Crippen LogP contribution in [-0.4, -0.2) is 17.2 Å². The third kappa shape index (κ3) is 4.12. The molecule has 0 heterocycles. The molecule has 1 saturated carbocycles. The zero-order valence-electron chi connectivity index (χ0n) is 11.9. The number of para-hydroxylation sites is 1. The molecular formula is C17H22O3. The number of hydrogen-bond donors (Lipinski definition) is 1. The van der Waals surface area contributed by atoms with Gasteiger partial charge < -0.3 is 9.84 Å². The number of carboxylic acid groups (broad SMARTS) is 1. The predicted octanol–water partition coefficient (Wildman–Crippen LogP) is 4.13. The molecule has 0 saturated heterocycles. The van der Waals surface area contributed by atoms with Gasteiger partial charge in [0.25, 0.3) is 0 Å². The standard InChI is InChI=1S/C17H22O3/c1-2-13-7-10-15(11-8-13)20-16-6-4-3-5-14(16)9-12-17(18)19/h3-6,9,12-13,15H,2,7-8,10-11H2,1H3,(H,18,19). The molecule has 0 aliphatic heterocycles. The van der Waals surface area contributed by atoms with Crippen LogP contribution in [0.4, 0.5) is 0 Å². The molecule has 20 heavy (non-hydrogen) atoms. The van der Waals surface area contributed by atoms with E-state index in [1.54, 1.807) is 6.08 Å². The van der Waals surface area contributed by atoms with Crippen molar-refractivity contribution in [1.29, 1.82) is 0 Å². The van der Waals surface area contributed by atoms with Crippen molar-refractivity contribution < 1.29 is 14.6 Å². The maximum absolute atomic E-state index is 10.6. The van der Waals surface area contributed by atoms with E-state index in [1.165, 1.54) is 19.3 Å². The van der Waals surface area contributed by atoms with Crippen LogP contribution in [0.3, 0.4) is 0 Å². The second-order valence-electron chi connectivity index (χ2n) is 5.38. The van der Waals surface area contributed by atoms with Gasteiger partial charge in [-0.15, -0.1) is 0 Å². The number of rotatable bonds is 5. The van der Waals surface area contributed by atoms with E-state index in [-0.39, 0.29) is 6.10 Å². The minimum Gasteiger partial charge on any atom is -0.490 e. The van der Waals surface area contributed by atoms with Crippen LogP contribution in [-0.2, 0) is 4.79 Å². The Balaban J connectivity index is 2.01. The summed E-state index contributed by atoms with van der Waals surface area (Å²) in [5.41, 5.74) is 0.826. The first-order valence-electron chi connectivity index (χ1n) is 7.35. The van der Waals surface area contributed by atoms with E-state index in [2.05, 4.69) is 6.92 Å². The van der Waals surface area contributed by atoms with E-state index in [9.17, 15) is 4.79 Å². The lowest BCUT2D eigenvalue weighted by molar-refractivity contribution is -0.131. The van der Waals surface area contributed by atoms with Crippen LogP contribution in [0.1, 0.15) is 44.6 Å². The van der Waals surface area contributed by atoms with Gasteiger partial charge in [0, 0.05) is 11.6 Å². The minimum atomic E-state index is -0.941. The fourth-order valence-corrected chi connectivity index (χ4v) is 2.72. The van der Waals surface area contributed by atoms with Crippen molar-refractivity contribution in [2.75, 3.05) is 0 Å². The Morgan fingerprint density at radius 1 is 1.30 bits per heavy atom. The molecule has 0 aromatic heterocycles. The topological polar surface area (TPSA) is 46.5 Å². The molecule has 1 fully saturated rings. The molecular weight excluding hydrogens is 252 g/mol. The van der Waals surface area contributed by atoms with Crippen LogP contribution < -0.4 is 4.74 Å². The zero-order chi connectivity index (χ0) is 14.4. The van der Waals surface area contributed by atoms with Gasteiger partial charge in [-0.25, -0.2) is 4.79 Å². The predicted molar refractivity (Wildman–Crippen MR) is 79.8 cm³/mol. The first kappa shape index (κ1) is 14.6. The molecule has 1 aliphatic carbocycles. The van der Waals surface area contributed by atoms with Gasteiger partial charge in [-0.2, -0.15) is 0 Å². The summed E-state index contributed by atoms with van der Waals surface area (Å²) in [6.45, 7) is 2.25. The van der Waals surface area contributed by atoms with Crippen LogP contribution in [0.5, 0.6) is 5.75 Å². The number of hydrogen-bond acceptors (Lipinski definition) is 2. The average molecular weight is 274 g/mol. The smallest absolute Gasteiger partial charge is 0.328 e. The highest BCUT2D eigenvalue weighted by molar-refractivity contribution is 5.85. The highest BCUT2D eigenvalue weighted by atomic mass is 16.5. The third-order valence-corrected chi connectivity index (χ3v) is 3.99. The maximum Gasteiger partial charge on any atom is 0.328 e. The Kier molecular flexibility index (Phi) is 5.22. The number of carboxylic acids is 1. The maximum atomic E-state index is 10.6. The van der Waals surface area contributed by atoms with Crippen LogP contribution in [0, 0.1) is 5.92 Å². The molecule has 0 atom stereocenters. The Morgan fingerprint density at radius 3 is 2.65 bits per heavy atom. The van der Waals surface area contributed by atoms with Gasteiger partial charge in [0.15, 0.2) is 0 Å². The van der Waals surface area contributed by atoms with E-state index in [4.69, 9.17) is 9.84 Å². The van der Waals surface area contributed by atoms with Gasteiger partial charge in [0.1, 0.15) is 5.75 Å². The van der Waals surface area contributed by atoms with Gasteiger partial charge in [-0.1, -0.05) is 31.5 Å². The summed E-state index contributed by atoms with van der Waals surface area (Å²) in [7, 11) is 0. The fourth-order valence-electron chi connectivity index (χ4n) is 2.72. The van der Waals surface area contributed by atoms with Gasteiger partial charge in [0.2, 0.25) is 0 Å². The zero-order valence-corrected chi connectivity index (χ0v) is 11.9. The van der Waals surface area contributed by atoms with Gasteiger partial charge in [0.05, 0.1) is 6.10 Å². The molecule has 1 N–H and O–H groups in total. The van der Waals surface area contributed by atoms with E-state index in [0.29, 0.717) is 0 Å². The average Bonchev–Trinajstić information content (AvgIpc) is 2.47. The van der Waals surface area contributed by atoms with Crippen LogP contribution in [0.2, 0.25) is 0 Å². The van der Waals surface area contributed by atoms with E-state index in [1.807, 2.05) is 24.3 Å². The molecule has 0 radical (unpaired) electrons. The number of benzene rings is 1. The fraction of sp³-hybridized carbons (Fsp3) is 0.471. The number of ether oxygens (including phenoxy) is 1. The Labute approximate surface area is 120 Å². The molecule has 1 aromatic rings. The van der Waals surface area contributed by atoms with Crippen molar-refractivity contribution in [1.82, 2.24) is 0 Å². The van der Waals surface area contributed by atoms with Gasteiger partial charge >= 0.3 is 5.97 Å². The Bertz CT molecular complexity index is 471. The van der Waals surface area contributed by atoms with Crippen LogP contribution >= 0.6 is 0 Å². The third-order valence-electron chi connectivity index (χ3n) is 3.99. The van der Waals surface area contributed by atoms with Crippen molar-refractivity contribution in [2.24, 2.45) is 5.92 Å². The summed E-state index contributed by atoms with van der Waals surface area (Å²) in [5.74, 6) is 0.685. The lowest BCUT2D eigenvalue weighted by Crippen LogP contribution is -2.24. The van der Waals surface area contributed by atoms with E-state index < -0.39 is 5.97 Å². The Hall–Kier alpha value is -1.77. The van der Waals surface area contributed by atoms with Crippen LogP contribution in [0.15, 0.2) is 30.3 Å². The summed E-state index contributed by atoms with van der Waals surface area (Å²) in [4.78, 5) is 10.6. The second kappa shape index (κ2) is 7.13. The number of aliphatic carboxylic acids is 1. The molecule has 1 aliphatic rings. The summed E-state index contributed by atoms with van der Waals surface area (Å²) in [6, 6.07) is 7.60. The van der Waals surface area contributed by atoms with Crippen molar-refractivity contribution in [2.45, 2.75) is 45.1 Å².